The molecule has 39 heavy (non-hydrogen) atoms. The second-order valence-electron chi connectivity index (χ2n) is 11.4. The van der Waals surface area contributed by atoms with Gasteiger partial charge in [-0.1, -0.05) is 54.6 Å². The molecule has 2 amide bonds. The zero-order chi connectivity index (χ0) is 28.0. The monoisotopic (exact) mass is 535 g/mol. The maximum Gasteiger partial charge on any atom is 0.306 e. The highest BCUT2D eigenvalue weighted by atomic mass is 16.5. The fourth-order valence-corrected chi connectivity index (χ4v) is 5.87. The van der Waals surface area contributed by atoms with Crippen molar-refractivity contribution in [2.75, 3.05) is 26.3 Å². The molecule has 1 spiro atoms. The highest BCUT2D eigenvalue weighted by Crippen LogP contribution is 2.52. The first kappa shape index (κ1) is 28.8. The van der Waals surface area contributed by atoms with Crippen molar-refractivity contribution in [3.05, 3.63) is 71.3 Å². The molecule has 2 aliphatic rings. The Bertz CT molecular complexity index is 1150. The van der Waals surface area contributed by atoms with Gasteiger partial charge in [0.25, 0.3) is 0 Å². The van der Waals surface area contributed by atoms with Gasteiger partial charge in [0.1, 0.15) is 6.04 Å². The van der Waals surface area contributed by atoms with Crippen molar-refractivity contribution in [2.45, 2.75) is 76.0 Å². The lowest BCUT2D eigenvalue weighted by Gasteiger charge is -2.41. The minimum absolute atomic E-state index is 0.0572. The highest BCUT2D eigenvalue weighted by molar-refractivity contribution is 5.91. The van der Waals surface area contributed by atoms with Gasteiger partial charge >= 0.3 is 5.97 Å². The van der Waals surface area contributed by atoms with E-state index >= 15 is 0 Å². The lowest BCUT2D eigenvalue weighted by Crippen LogP contribution is -2.59. The van der Waals surface area contributed by atoms with Gasteiger partial charge in [-0.05, 0) is 68.1 Å². The Morgan fingerprint density at radius 3 is 2.41 bits per heavy atom. The predicted molar refractivity (Wildman–Crippen MR) is 149 cm³/mol. The fourth-order valence-electron chi connectivity index (χ4n) is 5.87. The molecule has 8 heteroatoms. The van der Waals surface area contributed by atoms with Crippen LogP contribution in [-0.2, 0) is 35.9 Å². The summed E-state index contributed by atoms with van der Waals surface area (Å²) in [4.78, 5) is 40.5. The number of esters is 1. The third-order valence-electron chi connectivity index (χ3n) is 7.94. The minimum atomic E-state index is -1.12. The molecule has 1 aliphatic heterocycles. The number of likely N-dealkylation sites (tertiary alicyclic amines) is 1. The molecule has 210 valence electrons. The standard InChI is InChI=1S/C31H41N3O5/c1-4-39-27(35)18-23-19-31(25-13-9-8-12-24(23)25)14-16-34(17-15-31)28(36)26(33-29(37)30(2,3)32)21-38-20-22-10-6-5-7-11-22/h5-13,23,26H,4,14-21,32H2,1-3H3,(H,33,37). The lowest BCUT2D eigenvalue weighted by atomic mass is 9.73. The van der Waals surface area contributed by atoms with Gasteiger partial charge in [-0.25, -0.2) is 0 Å². The van der Waals surface area contributed by atoms with Crippen molar-refractivity contribution in [3.8, 4) is 0 Å². The van der Waals surface area contributed by atoms with Crippen LogP contribution < -0.4 is 11.1 Å². The van der Waals surface area contributed by atoms with Crippen LogP contribution in [0, 0.1) is 0 Å². The molecular formula is C31H41N3O5. The number of hydrogen-bond acceptors (Lipinski definition) is 6. The normalized spacial score (nSPS) is 18.9. The molecule has 1 heterocycles. The second-order valence-corrected chi connectivity index (χ2v) is 11.4. The third kappa shape index (κ3) is 6.86. The molecule has 1 aliphatic carbocycles. The molecule has 1 fully saturated rings. The van der Waals surface area contributed by atoms with Crippen LogP contribution in [0.4, 0.5) is 0 Å². The summed E-state index contributed by atoms with van der Waals surface area (Å²) in [5, 5.41) is 2.83. The molecule has 4 rings (SSSR count). The van der Waals surface area contributed by atoms with Gasteiger partial charge in [0.15, 0.2) is 0 Å². The molecule has 8 nitrogen and oxygen atoms in total. The molecule has 0 saturated carbocycles. The first-order valence-corrected chi connectivity index (χ1v) is 13.9. The predicted octanol–water partition coefficient (Wildman–Crippen LogP) is 3.43. The Morgan fingerprint density at radius 2 is 1.74 bits per heavy atom. The highest BCUT2D eigenvalue weighted by Gasteiger charge is 2.47. The van der Waals surface area contributed by atoms with Gasteiger partial charge in [-0.15, -0.1) is 0 Å². The maximum absolute atomic E-state index is 13.7. The van der Waals surface area contributed by atoms with E-state index in [-0.39, 0.29) is 29.8 Å². The van der Waals surface area contributed by atoms with Gasteiger partial charge in [0.05, 0.1) is 31.8 Å². The summed E-state index contributed by atoms with van der Waals surface area (Å²) >= 11 is 0. The Morgan fingerprint density at radius 1 is 1.08 bits per heavy atom. The first-order chi connectivity index (χ1) is 18.6. The number of fused-ring (bicyclic) bond motifs is 2. The van der Waals surface area contributed by atoms with E-state index in [1.807, 2.05) is 48.2 Å². The third-order valence-corrected chi connectivity index (χ3v) is 7.94. The average Bonchev–Trinajstić information content (AvgIpc) is 3.20. The summed E-state index contributed by atoms with van der Waals surface area (Å²) in [6, 6.07) is 17.2. The number of nitrogens with two attached hydrogens (primary N) is 1. The van der Waals surface area contributed by atoms with Crippen molar-refractivity contribution in [1.82, 2.24) is 10.2 Å². The van der Waals surface area contributed by atoms with Gasteiger partial charge in [0, 0.05) is 13.1 Å². The molecule has 0 aromatic heterocycles. The van der Waals surface area contributed by atoms with Crippen molar-refractivity contribution in [1.29, 1.82) is 0 Å². The van der Waals surface area contributed by atoms with E-state index in [4.69, 9.17) is 15.2 Å². The van der Waals surface area contributed by atoms with Crippen LogP contribution in [-0.4, -0.2) is 60.6 Å². The number of hydrogen-bond donors (Lipinski definition) is 2. The summed E-state index contributed by atoms with van der Waals surface area (Å²) in [6.07, 6.45) is 2.83. The molecule has 2 atom stereocenters. The number of benzene rings is 2. The van der Waals surface area contributed by atoms with Crippen molar-refractivity contribution >= 4 is 17.8 Å². The number of carbonyl (C=O) groups excluding carboxylic acids is 3. The Balaban J connectivity index is 1.43. The van der Waals surface area contributed by atoms with Gasteiger partial charge in [-0.3, -0.25) is 14.4 Å². The zero-order valence-electron chi connectivity index (χ0n) is 23.3. The number of nitrogens with one attached hydrogen (secondary N) is 1. The average molecular weight is 536 g/mol. The van der Waals surface area contributed by atoms with Crippen molar-refractivity contribution < 1.29 is 23.9 Å². The van der Waals surface area contributed by atoms with Crippen molar-refractivity contribution in [2.24, 2.45) is 5.73 Å². The summed E-state index contributed by atoms with van der Waals surface area (Å²) in [5.74, 6) is -0.611. The topological polar surface area (TPSA) is 111 Å². The first-order valence-electron chi connectivity index (χ1n) is 13.9. The zero-order valence-corrected chi connectivity index (χ0v) is 23.3. The maximum atomic E-state index is 13.7. The van der Waals surface area contributed by atoms with Crippen LogP contribution in [0.1, 0.15) is 69.1 Å². The number of amides is 2. The molecule has 2 aromatic rings. The number of rotatable bonds is 10. The van der Waals surface area contributed by atoms with Crippen LogP contribution in [0.5, 0.6) is 0 Å². The SMILES string of the molecule is CCOC(=O)CC1CC2(CCN(C(=O)C(COCc3ccccc3)NC(=O)C(C)(C)N)CC2)c2ccccc21. The largest absolute Gasteiger partial charge is 0.466 e. The van der Waals surface area contributed by atoms with Crippen LogP contribution >= 0.6 is 0 Å². The van der Waals surface area contributed by atoms with E-state index in [1.54, 1.807) is 13.8 Å². The summed E-state index contributed by atoms with van der Waals surface area (Å²) in [5.41, 5.74) is 8.30. The van der Waals surface area contributed by atoms with E-state index in [9.17, 15) is 14.4 Å². The molecule has 0 radical (unpaired) electrons. The molecule has 1 saturated heterocycles. The smallest absolute Gasteiger partial charge is 0.306 e. The Labute approximate surface area is 231 Å². The molecule has 2 aromatic carbocycles. The van der Waals surface area contributed by atoms with Crippen LogP contribution in [0.3, 0.4) is 0 Å². The molecule has 3 N–H and O–H groups in total. The molecule has 0 bridgehead atoms. The lowest BCUT2D eigenvalue weighted by molar-refractivity contribution is -0.143. The summed E-state index contributed by atoms with van der Waals surface area (Å²) < 4.78 is 11.1. The fraction of sp³-hybridized carbons (Fsp3) is 0.516. The number of ether oxygens (including phenoxy) is 2. The van der Waals surface area contributed by atoms with Crippen LogP contribution in [0.25, 0.3) is 0 Å². The molecular weight excluding hydrogens is 494 g/mol. The second kappa shape index (κ2) is 12.3. The number of piperidine rings is 1. The van der Waals surface area contributed by atoms with E-state index in [1.165, 1.54) is 11.1 Å². The van der Waals surface area contributed by atoms with Crippen molar-refractivity contribution in [3.63, 3.8) is 0 Å². The van der Waals surface area contributed by atoms with E-state index < -0.39 is 17.5 Å². The van der Waals surface area contributed by atoms with Gasteiger partial charge < -0.3 is 25.4 Å². The minimum Gasteiger partial charge on any atom is -0.466 e. The molecule has 2 unspecified atom stereocenters. The summed E-state index contributed by atoms with van der Waals surface area (Å²) in [6.45, 7) is 6.96. The van der Waals surface area contributed by atoms with E-state index in [2.05, 4.69) is 23.5 Å². The van der Waals surface area contributed by atoms with Crippen LogP contribution in [0.15, 0.2) is 54.6 Å². The number of carbonyl (C=O) groups is 3. The van der Waals surface area contributed by atoms with E-state index in [0.29, 0.717) is 32.7 Å². The quantitative estimate of drug-likeness (QED) is 0.451. The van der Waals surface area contributed by atoms with Gasteiger partial charge in [0.2, 0.25) is 11.8 Å². The Kier molecular flexibility index (Phi) is 9.08. The van der Waals surface area contributed by atoms with Crippen LogP contribution in [0.2, 0.25) is 0 Å². The summed E-state index contributed by atoms with van der Waals surface area (Å²) in [7, 11) is 0. The number of nitrogens with zero attached hydrogens (tertiary/aromatic N) is 1. The Hall–Kier alpha value is -3.23. The van der Waals surface area contributed by atoms with E-state index in [0.717, 1.165) is 24.8 Å². The van der Waals surface area contributed by atoms with Gasteiger partial charge in [-0.2, -0.15) is 0 Å².